The summed E-state index contributed by atoms with van der Waals surface area (Å²) in [6.45, 7) is 2.23. The lowest BCUT2D eigenvalue weighted by atomic mass is 9.93. The van der Waals surface area contributed by atoms with E-state index in [-0.39, 0.29) is 24.3 Å². The van der Waals surface area contributed by atoms with Crippen molar-refractivity contribution in [3.8, 4) is 0 Å². The molecule has 7 nitrogen and oxygen atoms in total. The predicted octanol–water partition coefficient (Wildman–Crippen LogP) is 1.20. The zero-order valence-electron chi connectivity index (χ0n) is 13.9. The number of aromatic nitrogens is 3. The van der Waals surface area contributed by atoms with E-state index < -0.39 is 0 Å². The first kappa shape index (κ1) is 16.9. The third-order valence-electron chi connectivity index (χ3n) is 4.58. The molecule has 0 bridgehead atoms. The van der Waals surface area contributed by atoms with Gasteiger partial charge in [-0.05, 0) is 45.1 Å². The minimum atomic E-state index is -0.202. The molecular weight excluding hydrogens is 308 g/mol. The molecule has 0 amide bonds. The molecule has 1 aliphatic rings. The topological polar surface area (TPSA) is 100 Å². The smallest absolute Gasteiger partial charge is 0.255 e. The van der Waals surface area contributed by atoms with Gasteiger partial charge in [0, 0.05) is 36.3 Å². The van der Waals surface area contributed by atoms with Gasteiger partial charge in [0.1, 0.15) is 5.65 Å². The van der Waals surface area contributed by atoms with Crippen LogP contribution in [0.15, 0.2) is 17.1 Å². The fourth-order valence-corrected chi connectivity index (χ4v) is 3.21. The van der Waals surface area contributed by atoms with Crippen LogP contribution in [0.3, 0.4) is 0 Å². The highest BCUT2D eigenvalue weighted by atomic mass is 16.3. The number of nitrogens with one attached hydrogen (secondary N) is 1. The van der Waals surface area contributed by atoms with Crippen LogP contribution in [-0.2, 0) is 6.54 Å². The molecule has 0 radical (unpaired) electrons. The Balaban J connectivity index is 1.91. The van der Waals surface area contributed by atoms with Crippen molar-refractivity contribution in [3.63, 3.8) is 0 Å². The second kappa shape index (κ2) is 7.27. The van der Waals surface area contributed by atoms with Crippen molar-refractivity contribution < 1.29 is 10.2 Å². The zero-order valence-corrected chi connectivity index (χ0v) is 13.9. The van der Waals surface area contributed by atoms with Gasteiger partial charge in [-0.3, -0.25) is 9.36 Å². The number of aliphatic hydroxyl groups is 2. The van der Waals surface area contributed by atoms with Crippen LogP contribution in [0, 0.1) is 6.92 Å². The van der Waals surface area contributed by atoms with Gasteiger partial charge in [-0.2, -0.15) is 4.98 Å². The van der Waals surface area contributed by atoms with Gasteiger partial charge in [-0.15, -0.1) is 0 Å². The van der Waals surface area contributed by atoms with Gasteiger partial charge in [0.2, 0.25) is 5.95 Å². The van der Waals surface area contributed by atoms with Gasteiger partial charge in [0.05, 0.1) is 6.10 Å². The van der Waals surface area contributed by atoms with Crippen molar-refractivity contribution in [2.75, 3.05) is 11.9 Å². The van der Waals surface area contributed by atoms with E-state index in [9.17, 15) is 9.90 Å². The van der Waals surface area contributed by atoms with Crippen LogP contribution in [0.2, 0.25) is 0 Å². The number of anilines is 1. The summed E-state index contributed by atoms with van der Waals surface area (Å²) in [5, 5.41) is 22.8. The van der Waals surface area contributed by atoms with Gasteiger partial charge in [-0.25, -0.2) is 4.98 Å². The maximum Gasteiger partial charge on any atom is 0.255 e. The summed E-state index contributed by atoms with van der Waals surface area (Å²) < 4.78 is 1.61. The maximum atomic E-state index is 12.4. The lowest BCUT2D eigenvalue weighted by Crippen LogP contribution is -2.29. The van der Waals surface area contributed by atoms with Crippen molar-refractivity contribution in [1.82, 2.24) is 14.5 Å². The molecule has 1 fully saturated rings. The number of nitrogens with zero attached hydrogens (tertiary/aromatic N) is 3. The van der Waals surface area contributed by atoms with E-state index in [2.05, 4.69) is 15.3 Å². The van der Waals surface area contributed by atoms with Crippen LogP contribution in [0.1, 0.15) is 37.7 Å². The van der Waals surface area contributed by atoms with E-state index in [1.165, 1.54) is 0 Å². The average molecular weight is 332 g/mol. The monoisotopic (exact) mass is 332 g/mol. The summed E-state index contributed by atoms with van der Waals surface area (Å²) in [5.41, 5.74) is 1.15. The average Bonchev–Trinajstić information content (AvgIpc) is 2.58. The highest BCUT2D eigenvalue weighted by Crippen LogP contribution is 2.21. The Kier molecular flexibility index (Phi) is 5.11. The lowest BCUT2D eigenvalue weighted by Gasteiger charge is -2.26. The van der Waals surface area contributed by atoms with E-state index in [0.29, 0.717) is 30.1 Å². The highest BCUT2D eigenvalue weighted by Gasteiger charge is 2.20. The first-order valence-corrected chi connectivity index (χ1v) is 8.51. The number of aliphatic hydroxyl groups excluding tert-OH is 2. The summed E-state index contributed by atoms with van der Waals surface area (Å²) in [6.07, 6.45) is 5.36. The van der Waals surface area contributed by atoms with Crippen LogP contribution < -0.4 is 10.9 Å². The molecule has 24 heavy (non-hydrogen) atoms. The Morgan fingerprint density at radius 1 is 1.33 bits per heavy atom. The van der Waals surface area contributed by atoms with E-state index >= 15 is 0 Å². The molecule has 0 atom stereocenters. The highest BCUT2D eigenvalue weighted by molar-refractivity contribution is 5.75. The number of rotatable bonds is 5. The molecular formula is C17H24N4O3. The molecule has 0 spiro atoms. The molecule has 0 unspecified atom stereocenters. The summed E-state index contributed by atoms with van der Waals surface area (Å²) in [4.78, 5) is 21.3. The molecule has 3 N–H and O–H groups in total. The Bertz CT molecular complexity index is 766. The van der Waals surface area contributed by atoms with Gasteiger partial charge in [0.15, 0.2) is 0 Å². The summed E-state index contributed by atoms with van der Waals surface area (Å²) in [5.74, 6) is 0.505. The summed E-state index contributed by atoms with van der Waals surface area (Å²) in [7, 11) is 0. The predicted molar refractivity (Wildman–Crippen MR) is 92.1 cm³/mol. The van der Waals surface area contributed by atoms with E-state index in [4.69, 9.17) is 5.11 Å². The molecule has 3 rings (SSSR count). The first-order chi connectivity index (χ1) is 11.6. The Morgan fingerprint density at radius 2 is 2.08 bits per heavy atom. The van der Waals surface area contributed by atoms with Crippen LogP contribution in [0.25, 0.3) is 11.0 Å². The molecule has 0 aromatic carbocycles. The van der Waals surface area contributed by atoms with Gasteiger partial charge in [-0.1, -0.05) is 0 Å². The first-order valence-electron chi connectivity index (χ1n) is 8.51. The third kappa shape index (κ3) is 3.57. The molecule has 2 aromatic rings. The van der Waals surface area contributed by atoms with Crippen LogP contribution >= 0.6 is 0 Å². The molecule has 1 saturated carbocycles. The van der Waals surface area contributed by atoms with Crippen LogP contribution in [0.5, 0.6) is 0 Å². The SMILES string of the molecule is Cc1cc2cnc(NC3CCC(O)CC3)nc2n(CCCO)c1=O. The maximum absolute atomic E-state index is 12.4. The molecule has 2 aromatic heterocycles. The quantitative estimate of drug-likeness (QED) is 0.761. The Labute approximate surface area is 140 Å². The number of hydrogen-bond acceptors (Lipinski definition) is 6. The number of hydrogen-bond donors (Lipinski definition) is 3. The number of aryl methyl sites for hydroxylation is 2. The van der Waals surface area contributed by atoms with E-state index in [1.807, 2.05) is 0 Å². The number of pyridine rings is 1. The summed E-state index contributed by atoms with van der Waals surface area (Å²) in [6, 6.07) is 2.04. The lowest BCUT2D eigenvalue weighted by molar-refractivity contribution is 0.126. The zero-order chi connectivity index (χ0) is 17.1. The van der Waals surface area contributed by atoms with Crippen LogP contribution in [-0.4, -0.2) is 43.5 Å². The fourth-order valence-electron chi connectivity index (χ4n) is 3.21. The molecule has 1 aliphatic carbocycles. The second-order valence-electron chi connectivity index (χ2n) is 6.48. The van der Waals surface area contributed by atoms with Crippen molar-refractivity contribution in [2.45, 2.75) is 57.7 Å². The molecule has 7 heteroatoms. The Morgan fingerprint density at radius 3 is 2.79 bits per heavy atom. The Hall–Kier alpha value is -1.99. The fraction of sp³-hybridized carbons (Fsp3) is 0.588. The van der Waals surface area contributed by atoms with Crippen molar-refractivity contribution in [3.05, 3.63) is 28.2 Å². The van der Waals surface area contributed by atoms with Crippen LogP contribution in [0.4, 0.5) is 5.95 Å². The van der Waals surface area contributed by atoms with Crippen molar-refractivity contribution >= 4 is 17.0 Å². The molecule has 0 saturated heterocycles. The van der Waals surface area contributed by atoms with Gasteiger partial charge >= 0.3 is 0 Å². The minimum absolute atomic E-state index is 0.0302. The van der Waals surface area contributed by atoms with E-state index in [0.717, 1.165) is 31.1 Å². The second-order valence-corrected chi connectivity index (χ2v) is 6.48. The molecule has 2 heterocycles. The van der Waals surface area contributed by atoms with Crippen molar-refractivity contribution in [2.24, 2.45) is 0 Å². The van der Waals surface area contributed by atoms with Gasteiger partial charge < -0.3 is 15.5 Å². The minimum Gasteiger partial charge on any atom is -0.396 e. The van der Waals surface area contributed by atoms with Crippen molar-refractivity contribution in [1.29, 1.82) is 0 Å². The third-order valence-corrected chi connectivity index (χ3v) is 4.58. The standard InChI is InChI=1S/C17H24N4O3/c1-11-9-12-10-18-17(19-13-3-5-14(23)6-4-13)20-15(12)21(16(11)24)7-2-8-22/h9-10,13-14,22-23H,2-8H2,1H3,(H,18,19,20). The normalized spacial score (nSPS) is 21.1. The largest absolute Gasteiger partial charge is 0.396 e. The summed E-state index contributed by atoms with van der Waals surface area (Å²) >= 11 is 0. The number of fused-ring (bicyclic) bond motifs is 1. The molecule has 0 aliphatic heterocycles. The van der Waals surface area contributed by atoms with Gasteiger partial charge in [0.25, 0.3) is 5.56 Å². The van der Waals surface area contributed by atoms with E-state index in [1.54, 1.807) is 23.8 Å². The molecule has 130 valence electrons.